The van der Waals surface area contributed by atoms with Crippen LogP contribution >= 0.6 is 0 Å². The minimum Gasteiger partial charge on any atom is -0.469 e. The molecule has 1 rings (SSSR count). The standard InChI is InChI=1S/C8H14O5S/c1-12-8(9)6-3-4-7(5-6)13-14(2,10)11/h6-7H,3-5H2,1-2H3. The highest BCUT2D eigenvalue weighted by molar-refractivity contribution is 7.86. The predicted molar refractivity (Wildman–Crippen MR) is 49.1 cm³/mol. The molecule has 0 amide bonds. The molecule has 0 aromatic carbocycles. The third-order valence-corrected chi connectivity index (χ3v) is 2.85. The Bertz CT molecular complexity index is 308. The molecule has 0 bridgehead atoms. The van der Waals surface area contributed by atoms with Gasteiger partial charge in [-0.2, -0.15) is 8.42 Å². The zero-order valence-electron chi connectivity index (χ0n) is 8.23. The van der Waals surface area contributed by atoms with Gasteiger partial charge in [0.2, 0.25) is 0 Å². The van der Waals surface area contributed by atoms with Crippen molar-refractivity contribution in [2.45, 2.75) is 25.4 Å². The van der Waals surface area contributed by atoms with E-state index >= 15 is 0 Å². The fourth-order valence-corrected chi connectivity index (χ4v) is 2.32. The van der Waals surface area contributed by atoms with E-state index in [2.05, 4.69) is 4.74 Å². The van der Waals surface area contributed by atoms with E-state index in [9.17, 15) is 13.2 Å². The fraction of sp³-hybridized carbons (Fsp3) is 0.875. The summed E-state index contributed by atoms with van der Waals surface area (Å²) < 4.78 is 30.9. The number of rotatable bonds is 3. The number of carbonyl (C=O) groups excluding carboxylic acids is 1. The number of esters is 1. The molecule has 2 atom stereocenters. The van der Waals surface area contributed by atoms with Gasteiger partial charge < -0.3 is 4.74 Å². The van der Waals surface area contributed by atoms with Crippen LogP contribution in [0.5, 0.6) is 0 Å². The summed E-state index contributed by atoms with van der Waals surface area (Å²) in [5, 5.41) is 0. The number of ether oxygens (including phenoxy) is 1. The van der Waals surface area contributed by atoms with Gasteiger partial charge in [-0.15, -0.1) is 0 Å². The van der Waals surface area contributed by atoms with Crippen molar-refractivity contribution in [1.82, 2.24) is 0 Å². The monoisotopic (exact) mass is 222 g/mol. The van der Waals surface area contributed by atoms with Gasteiger partial charge in [-0.1, -0.05) is 0 Å². The maximum atomic E-state index is 11.1. The lowest BCUT2D eigenvalue weighted by Crippen LogP contribution is -2.17. The van der Waals surface area contributed by atoms with E-state index in [0.717, 1.165) is 6.26 Å². The van der Waals surface area contributed by atoms with Gasteiger partial charge in [-0.25, -0.2) is 0 Å². The topological polar surface area (TPSA) is 69.7 Å². The van der Waals surface area contributed by atoms with Gasteiger partial charge in [0.1, 0.15) is 0 Å². The lowest BCUT2D eigenvalue weighted by Gasteiger charge is -2.09. The number of hydrogen-bond donors (Lipinski definition) is 0. The van der Waals surface area contributed by atoms with Crippen LogP contribution in [0.25, 0.3) is 0 Å². The maximum Gasteiger partial charge on any atom is 0.308 e. The van der Waals surface area contributed by atoms with Crippen LogP contribution in [0.1, 0.15) is 19.3 Å². The molecule has 82 valence electrons. The Morgan fingerprint density at radius 2 is 2.00 bits per heavy atom. The first-order valence-corrected chi connectivity index (χ1v) is 6.20. The average Bonchev–Trinajstić information content (AvgIpc) is 2.48. The molecule has 0 saturated heterocycles. The molecular formula is C8H14O5S. The van der Waals surface area contributed by atoms with Crippen LogP contribution in [0.4, 0.5) is 0 Å². The first-order valence-electron chi connectivity index (χ1n) is 4.38. The summed E-state index contributed by atoms with van der Waals surface area (Å²) in [6, 6.07) is 0. The third-order valence-electron chi connectivity index (χ3n) is 2.23. The summed E-state index contributed by atoms with van der Waals surface area (Å²) in [6.07, 6.45) is 2.30. The number of methoxy groups -OCH3 is 1. The summed E-state index contributed by atoms with van der Waals surface area (Å²) >= 11 is 0. The zero-order valence-corrected chi connectivity index (χ0v) is 9.04. The van der Waals surface area contributed by atoms with E-state index in [1.807, 2.05) is 0 Å². The van der Waals surface area contributed by atoms with Gasteiger partial charge in [-0.05, 0) is 19.3 Å². The van der Waals surface area contributed by atoms with E-state index in [-0.39, 0.29) is 18.0 Å². The Labute approximate surface area is 83.5 Å². The maximum absolute atomic E-state index is 11.1. The molecule has 0 heterocycles. The van der Waals surface area contributed by atoms with Crippen LogP contribution in [-0.2, 0) is 23.8 Å². The third kappa shape index (κ3) is 3.26. The second-order valence-corrected chi connectivity index (χ2v) is 5.06. The fourth-order valence-electron chi connectivity index (χ4n) is 1.66. The minimum absolute atomic E-state index is 0.216. The van der Waals surface area contributed by atoms with Crippen molar-refractivity contribution in [3.05, 3.63) is 0 Å². The molecule has 14 heavy (non-hydrogen) atoms. The van der Waals surface area contributed by atoms with E-state index in [4.69, 9.17) is 4.18 Å². The van der Waals surface area contributed by atoms with Crippen LogP contribution in [0.15, 0.2) is 0 Å². The van der Waals surface area contributed by atoms with Crippen LogP contribution < -0.4 is 0 Å². The largest absolute Gasteiger partial charge is 0.469 e. The lowest BCUT2D eigenvalue weighted by atomic mass is 10.1. The molecule has 6 heteroatoms. The Hall–Kier alpha value is -0.620. The van der Waals surface area contributed by atoms with Gasteiger partial charge in [0.05, 0.1) is 25.4 Å². The normalized spacial score (nSPS) is 27.6. The van der Waals surface area contributed by atoms with E-state index in [1.165, 1.54) is 7.11 Å². The number of carbonyl (C=O) groups is 1. The van der Waals surface area contributed by atoms with E-state index < -0.39 is 10.1 Å². The van der Waals surface area contributed by atoms with Crippen molar-refractivity contribution in [3.63, 3.8) is 0 Å². The highest BCUT2D eigenvalue weighted by Gasteiger charge is 2.32. The van der Waals surface area contributed by atoms with Crippen molar-refractivity contribution in [1.29, 1.82) is 0 Å². The van der Waals surface area contributed by atoms with E-state index in [0.29, 0.717) is 19.3 Å². The van der Waals surface area contributed by atoms with Crippen LogP contribution in [0, 0.1) is 5.92 Å². The Balaban J connectivity index is 2.46. The first-order chi connectivity index (χ1) is 6.42. The van der Waals surface area contributed by atoms with Crippen LogP contribution in [-0.4, -0.2) is 33.9 Å². The molecule has 0 aromatic rings. The van der Waals surface area contributed by atoms with Gasteiger partial charge in [0, 0.05) is 0 Å². The van der Waals surface area contributed by atoms with Crippen molar-refractivity contribution in [2.24, 2.45) is 5.92 Å². The van der Waals surface area contributed by atoms with Gasteiger partial charge in [0.15, 0.2) is 0 Å². The number of hydrogen-bond acceptors (Lipinski definition) is 5. The van der Waals surface area contributed by atoms with Gasteiger partial charge in [0.25, 0.3) is 10.1 Å². The molecule has 0 aromatic heterocycles. The summed E-state index contributed by atoms with van der Waals surface area (Å²) in [7, 11) is -2.09. The molecule has 0 spiro atoms. The van der Waals surface area contributed by atoms with Crippen LogP contribution in [0.2, 0.25) is 0 Å². The first kappa shape index (κ1) is 11.5. The molecule has 0 radical (unpaired) electrons. The Kier molecular flexibility index (Phi) is 3.49. The van der Waals surface area contributed by atoms with Gasteiger partial charge in [-0.3, -0.25) is 8.98 Å². The second-order valence-electron chi connectivity index (χ2n) is 3.46. The highest BCUT2D eigenvalue weighted by atomic mass is 32.2. The smallest absolute Gasteiger partial charge is 0.308 e. The molecule has 5 nitrogen and oxygen atoms in total. The highest BCUT2D eigenvalue weighted by Crippen LogP contribution is 2.29. The molecule has 2 unspecified atom stereocenters. The zero-order chi connectivity index (χ0) is 10.8. The van der Waals surface area contributed by atoms with Crippen molar-refractivity contribution in [3.8, 4) is 0 Å². The molecule has 1 saturated carbocycles. The predicted octanol–water partition coefficient (Wildman–Crippen LogP) is 0.304. The summed E-state index contributed by atoms with van der Waals surface area (Å²) in [5.74, 6) is -0.503. The Morgan fingerprint density at radius 3 is 2.50 bits per heavy atom. The minimum atomic E-state index is -3.42. The molecule has 0 N–H and O–H groups in total. The Morgan fingerprint density at radius 1 is 1.36 bits per heavy atom. The van der Waals surface area contributed by atoms with Crippen molar-refractivity contribution >= 4 is 16.1 Å². The molecule has 1 fully saturated rings. The summed E-state index contributed by atoms with van der Waals surface area (Å²) in [6.45, 7) is 0. The lowest BCUT2D eigenvalue weighted by molar-refractivity contribution is -0.145. The molecule has 0 aliphatic heterocycles. The van der Waals surface area contributed by atoms with Crippen molar-refractivity contribution in [2.75, 3.05) is 13.4 Å². The quantitative estimate of drug-likeness (QED) is 0.507. The molecular weight excluding hydrogens is 208 g/mol. The van der Waals surface area contributed by atoms with Crippen LogP contribution in [0.3, 0.4) is 0 Å². The van der Waals surface area contributed by atoms with E-state index in [1.54, 1.807) is 0 Å². The molecule has 1 aliphatic rings. The summed E-state index contributed by atoms with van der Waals surface area (Å²) in [5.41, 5.74) is 0. The van der Waals surface area contributed by atoms with Gasteiger partial charge >= 0.3 is 5.97 Å². The van der Waals surface area contributed by atoms with Crippen molar-refractivity contribution < 1.29 is 22.1 Å². The summed E-state index contributed by atoms with van der Waals surface area (Å²) in [4.78, 5) is 11.1. The average molecular weight is 222 g/mol. The SMILES string of the molecule is COC(=O)C1CCC(OS(C)(=O)=O)C1. The molecule has 1 aliphatic carbocycles. The second kappa shape index (κ2) is 4.27.